The third-order valence-electron chi connectivity index (χ3n) is 0.848. The van der Waals surface area contributed by atoms with Gasteiger partial charge < -0.3 is 4.90 Å². The molecule has 0 aliphatic heterocycles. The molecular weight excluding hydrogens is 236 g/mol. The molecule has 12 heavy (non-hydrogen) atoms. The van der Waals surface area contributed by atoms with E-state index in [1.54, 1.807) is 17.5 Å². The minimum atomic E-state index is 1.03. The summed E-state index contributed by atoms with van der Waals surface area (Å²) in [6, 6.07) is 0. The van der Waals surface area contributed by atoms with Crippen LogP contribution in [-0.2, 0) is 0 Å². The van der Waals surface area contributed by atoms with Crippen LogP contribution in [0.15, 0.2) is 9.98 Å². The van der Waals surface area contributed by atoms with E-state index in [1.807, 2.05) is 19.0 Å². The van der Waals surface area contributed by atoms with Crippen LogP contribution in [0.4, 0.5) is 5.13 Å². The molecule has 0 aliphatic carbocycles. The number of hydrogen-bond donors (Lipinski definition) is 0. The van der Waals surface area contributed by atoms with E-state index in [0.717, 1.165) is 8.92 Å². The molecular formula is C8H15BrN2S. The molecule has 0 atom stereocenters. The van der Waals surface area contributed by atoms with Crippen LogP contribution in [0.5, 0.6) is 0 Å². The van der Waals surface area contributed by atoms with Gasteiger partial charge >= 0.3 is 0 Å². The fraction of sp³-hybridized carbons (Fsp3) is 0.625. The summed E-state index contributed by atoms with van der Waals surface area (Å²) in [5.74, 6) is 0. The first-order valence-corrected chi connectivity index (χ1v) is 5.51. The number of thiazole rings is 1. The van der Waals surface area contributed by atoms with Gasteiger partial charge in [0.15, 0.2) is 5.13 Å². The third kappa shape index (κ3) is 4.72. The Bertz CT molecular complexity index is 211. The summed E-state index contributed by atoms with van der Waals surface area (Å²) < 4.78 is 1.08. The first-order valence-electron chi connectivity index (χ1n) is 3.90. The molecule has 0 spiro atoms. The van der Waals surface area contributed by atoms with Crippen LogP contribution in [0.3, 0.4) is 0 Å². The van der Waals surface area contributed by atoms with E-state index in [-0.39, 0.29) is 0 Å². The Kier molecular flexibility index (Phi) is 6.38. The summed E-state index contributed by atoms with van der Waals surface area (Å²) in [6.45, 7) is 4.25. The smallest absolute Gasteiger partial charge is 0.185 e. The van der Waals surface area contributed by atoms with Crippen LogP contribution in [-0.4, -0.2) is 19.1 Å². The minimum absolute atomic E-state index is 1.03. The van der Waals surface area contributed by atoms with Crippen molar-refractivity contribution in [3.63, 3.8) is 0 Å². The lowest BCUT2D eigenvalue weighted by atomic mass is 10.6. The topological polar surface area (TPSA) is 16.1 Å². The van der Waals surface area contributed by atoms with Gasteiger partial charge in [-0.15, -0.1) is 0 Å². The number of aromatic nitrogens is 1. The summed E-state index contributed by atoms with van der Waals surface area (Å²) >= 11 is 4.96. The van der Waals surface area contributed by atoms with Gasteiger partial charge in [0, 0.05) is 14.1 Å². The Hall–Kier alpha value is -0.0900. The molecule has 0 saturated carbocycles. The monoisotopic (exact) mass is 250 g/mol. The lowest BCUT2D eigenvalue weighted by Gasteiger charge is -2.04. The number of nitrogens with zero attached hydrogens (tertiary/aromatic N) is 2. The molecule has 1 heterocycles. The summed E-state index contributed by atoms with van der Waals surface area (Å²) in [7, 11) is 3.95. The van der Waals surface area contributed by atoms with Gasteiger partial charge in [0.1, 0.15) is 0 Å². The molecule has 0 aliphatic rings. The Morgan fingerprint density at radius 2 is 2.00 bits per heavy atom. The SMILES string of the molecule is CCC.CN(C)c1ncc(Br)s1. The molecule has 0 aromatic carbocycles. The fourth-order valence-electron chi connectivity index (χ4n) is 0.453. The highest BCUT2D eigenvalue weighted by atomic mass is 79.9. The molecule has 0 N–H and O–H groups in total. The molecule has 0 amide bonds. The zero-order valence-corrected chi connectivity index (χ0v) is 10.4. The maximum Gasteiger partial charge on any atom is 0.185 e. The van der Waals surface area contributed by atoms with Crippen molar-refractivity contribution in [2.45, 2.75) is 20.3 Å². The zero-order chi connectivity index (χ0) is 9.56. The molecule has 0 fully saturated rings. The van der Waals surface area contributed by atoms with Gasteiger partial charge in [0.25, 0.3) is 0 Å². The van der Waals surface area contributed by atoms with Gasteiger partial charge in [-0.25, -0.2) is 4.98 Å². The van der Waals surface area contributed by atoms with E-state index in [9.17, 15) is 0 Å². The van der Waals surface area contributed by atoms with E-state index in [0.29, 0.717) is 0 Å². The second-order valence-electron chi connectivity index (χ2n) is 2.55. The molecule has 0 unspecified atom stereocenters. The first-order chi connectivity index (χ1) is 5.61. The lowest BCUT2D eigenvalue weighted by Crippen LogP contribution is -2.07. The molecule has 70 valence electrons. The quantitative estimate of drug-likeness (QED) is 0.760. The second-order valence-corrected chi connectivity index (χ2v) is 4.94. The van der Waals surface area contributed by atoms with Gasteiger partial charge in [-0.2, -0.15) is 0 Å². The predicted octanol–water partition coefficient (Wildman–Crippen LogP) is 3.39. The molecule has 1 aromatic rings. The lowest BCUT2D eigenvalue weighted by molar-refractivity contribution is 1.09. The highest BCUT2D eigenvalue weighted by Gasteiger charge is 1.98. The number of rotatable bonds is 1. The summed E-state index contributed by atoms with van der Waals surface area (Å²) in [5.41, 5.74) is 0. The van der Waals surface area contributed by atoms with Crippen molar-refractivity contribution in [1.82, 2.24) is 4.98 Å². The Labute approximate surface area is 86.7 Å². The van der Waals surface area contributed by atoms with E-state index in [1.165, 1.54) is 6.42 Å². The standard InChI is InChI=1S/C5H7BrN2S.C3H8/c1-8(2)5-7-3-4(6)9-5;1-3-2/h3H,1-2H3;3H2,1-2H3. The van der Waals surface area contributed by atoms with Crippen LogP contribution in [0, 0.1) is 0 Å². The van der Waals surface area contributed by atoms with Crippen LogP contribution in [0.1, 0.15) is 20.3 Å². The van der Waals surface area contributed by atoms with Crippen molar-refractivity contribution in [3.8, 4) is 0 Å². The van der Waals surface area contributed by atoms with E-state index in [2.05, 4.69) is 34.8 Å². The average Bonchev–Trinajstić information content (AvgIpc) is 2.37. The van der Waals surface area contributed by atoms with Crippen molar-refractivity contribution < 1.29 is 0 Å². The summed E-state index contributed by atoms with van der Waals surface area (Å²) in [5, 5.41) is 1.03. The maximum absolute atomic E-state index is 4.11. The molecule has 0 radical (unpaired) electrons. The molecule has 0 saturated heterocycles. The van der Waals surface area contributed by atoms with Crippen LogP contribution in [0.25, 0.3) is 0 Å². The highest BCUT2D eigenvalue weighted by molar-refractivity contribution is 9.11. The van der Waals surface area contributed by atoms with E-state index >= 15 is 0 Å². The summed E-state index contributed by atoms with van der Waals surface area (Å²) in [4.78, 5) is 6.09. The van der Waals surface area contributed by atoms with Gasteiger partial charge in [-0.05, 0) is 15.9 Å². The molecule has 4 heteroatoms. The summed E-state index contributed by atoms with van der Waals surface area (Å²) in [6.07, 6.45) is 3.06. The van der Waals surface area contributed by atoms with Crippen LogP contribution >= 0.6 is 27.3 Å². The van der Waals surface area contributed by atoms with Gasteiger partial charge in [0.05, 0.1) is 9.98 Å². The van der Waals surface area contributed by atoms with Crippen molar-refractivity contribution in [3.05, 3.63) is 9.98 Å². The predicted molar refractivity (Wildman–Crippen MR) is 60.1 cm³/mol. The molecule has 2 nitrogen and oxygen atoms in total. The molecule has 1 aromatic heterocycles. The van der Waals surface area contributed by atoms with Crippen molar-refractivity contribution >= 4 is 32.4 Å². The number of hydrogen-bond acceptors (Lipinski definition) is 3. The zero-order valence-electron chi connectivity index (χ0n) is 7.97. The largest absolute Gasteiger partial charge is 0.354 e. The third-order valence-corrected chi connectivity index (χ3v) is 2.49. The van der Waals surface area contributed by atoms with Gasteiger partial charge in [-0.3, -0.25) is 0 Å². The molecule has 1 rings (SSSR count). The van der Waals surface area contributed by atoms with Gasteiger partial charge in [0.2, 0.25) is 0 Å². The highest BCUT2D eigenvalue weighted by Crippen LogP contribution is 2.24. The van der Waals surface area contributed by atoms with Crippen LogP contribution < -0.4 is 4.90 Å². The minimum Gasteiger partial charge on any atom is -0.354 e. The fourth-order valence-corrected chi connectivity index (χ4v) is 1.56. The Morgan fingerprint density at radius 1 is 1.50 bits per heavy atom. The molecule has 0 bridgehead atoms. The maximum atomic E-state index is 4.11. The van der Waals surface area contributed by atoms with Crippen molar-refractivity contribution in [1.29, 1.82) is 0 Å². The van der Waals surface area contributed by atoms with Crippen molar-refractivity contribution in [2.75, 3.05) is 19.0 Å². The van der Waals surface area contributed by atoms with Gasteiger partial charge in [-0.1, -0.05) is 31.6 Å². The van der Waals surface area contributed by atoms with E-state index in [4.69, 9.17) is 0 Å². The van der Waals surface area contributed by atoms with E-state index < -0.39 is 0 Å². The van der Waals surface area contributed by atoms with Crippen molar-refractivity contribution in [2.24, 2.45) is 0 Å². The van der Waals surface area contributed by atoms with Crippen LogP contribution in [0.2, 0.25) is 0 Å². The normalized spacial score (nSPS) is 8.75. The number of halogens is 1. The first kappa shape index (κ1) is 11.9. The Balaban J connectivity index is 0.000000354. The Morgan fingerprint density at radius 3 is 2.17 bits per heavy atom. The second kappa shape index (κ2) is 6.43. The number of anilines is 1. The average molecular weight is 251 g/mol.